The van der Waals surface area contributed by atoms with Gasteiger partial charge in [-0.1, -0.05) is 48.5 Å². The standard InChI is InChI=1S/C42H79N5O13/c1-13-39(8,9)36-29(46-23(7)51)31(53)34(26(19-49)58-36)55-21(5)41(12,15-3)37-30(47-38(43)44)32(54)35(27(20-50)59-37)56-22(6)42(45,16-4)28-17-24(52)33(25(18-48)57-28)60-40(10,11)14-2/h17,21-22,24-27,29-37,48-50,52-54H,13-16,18-20,45H2,1-12H3,(H,46,51)(H4,43,44,47). The summed E-state index contributed by atoms with van der Waals surface area (Å²) in [4.78, 5) is 16.8. The number of nitrogens with two attached hydrogens (primary N) is 3. The maximum absolute atomic E-state index is 12.4. The third kappa shape index (κ3) is 11.1. The van der Waals surface area contributed by atoms with Gasteiger partial charge < -0.3 is 81.6 Å². The van der Waals surface area contributed by atoms with E-state index in [2.05, 4.69) is 10.3 Å². The summed E-state index contributed by atoms with van der Waals surface area (Å²) in [7, 11) is 0. The smallest absolute Gasteiger partial charge is 0.217 e. The van der Waals surface area contributed by atoms with Crippen LogP contribution in [0.3, 0.4) is 0 Å². The molecule has 0 aromatic heterocycles. The number of aliphatic hydroxyl groups excluding tert-OH is 6. The SMILES string of the molecule is CCC(C)(C)OC1C(O)C=C(C(N)(CC)C(C)OC2C(CO)OC(C(C)(CC)C(C)OC3C(CO)OC(C(C)(C)CC)C(NC(C)=O)C3O)C(N=C(N)N)C2O)OC1CO. The molecule has 0 aromatic carbocycles. The summed E-state index contributed by atoms with van der Waals surface area (Å²) in [5, 5.41) is 69.7. The van der Waals surface area contributed by atoms with Crippen LogP contribution in [0.2, 0.25) is 0 Å². The number of hydrogen-bond donors (Lipinski definition) is 10. The van der Waals surface area contributed by atoms with E-state index in [0.29, 0.717) is 19.3 Å². The Hall–Kier alpha value is -2.20. The first-order valence-electron chi connectivity index (χ1n) is 21.6. The van der Waals surface area contributed by atoms with E-state index in [1.807, 2.05) is 55.4 Å². The minimum atomic E-state index is -1.48. The molecule has 0 aliphatic carbocycles. The summed E-state index contributed by atoms with van der Waals surface area (Å²) in [6.45, 7) is 20.4. The summed E-state index contributed by atoms with van der Waals surface area (Å²) in [6, 6.07) is -2.03. The number of hydrogen-bond acceptors (Lipinski definition) is 15. The van der Waals surface area contributed by atoms with Gasteiger partial charge in [0.05, 0.1) is 61.4 Å². The number of aliphatic hydroxyl groups is 6. The Morgan fingerprint density at radius 2 is 1.33 bits per heavy atom. The van der Waals surface area contributed by atoms with Crippen molar-refractivity contribution in [3.05, 3.63) is 11.8 Å². The molecule has 0 bridgehead atoms. The predicted octanol–water partition coefficient (Wildman–Crippen LogP) is 0.0914. The molecule has 1 amide bonds. The Morgan fingerprint density at radius 1 is 0.800 bits per heavy atom. The lowest BCUT2D eigenvalue weighted by Gasteiger charge is -2.54. The Balaban J connectivity index is 1.97. The maximum atomic E-state index is 12.4. The molecule has 350 valence electrons. The van der Waals surface area contributed by atoms with Gasteiger partial charge in [0.25, 0.3) is 0 Å². The summed E-state index contributed by atoms with van der Waals surface area (Å²) >= 11 is 0. The first-order valence-corrected chi connectivity index (χ1v) is 21.6. The lowest BCUT2D eigenvalue weighted by atomic mass is 9.70. The molecule has 2 fully saturated rings. The highest BCUT2D eigenvalue weighted by Gasteiger charge is 2.57. The number of nitrogens with one attached hydrogen (secondary N) is 1. The van der Waals surface area contributed by atoms with Crippen molar-refractivity contribution >= 4 is 11.9 Å². The van der Waals surface area contributed by atoms with Crippen molar-refractivity contribution in [2.45, 2.75) is 211 Å². The molecule has 17 atom stereocenters. The number of aliphatic imine (C=N–C) groups is 1. The molecule has 18 heteroatoms. The van der Waals surface area contributed by atoms with E-state index < -0.39 is 133 Å². The molecule has 3 aliphatic rings. The van der Waals surface area contributed by atoms with Crippen molar-refractivity contribution in [2.75, 3.05) is 19.8 Å². The minimum absolute atomic E-state index is 0.161. The summed E-state index contributed by atoms with van der Waals surface area (Å²) < 4.78 is 38.6. The fraction of sp³-hybridized carbons (Fsp3) is 0.905. The maximum Gasteiger partial charge on any atom is 0.217 e. The van der Waals surface area contributed by atoms with Crippen molar-refractivity contribution < 1.29 is 63.9 Å². The molecule has 0 aromatic rings. The number of nitrogens with zero attached hydrogens (tertiary/aromatic N) is 1. The lowest BCUT2D eigenvalue weighted by molar-refractivity contribution is -0.276. The fourth-order valence-electron chi connectivity index (χ4n) is 8.53. The first-order chi connectivity index (χ1) is 27.9. The Morgan fingerprint density at radius 3 is 1.80 bits per heavy atom. The van der Waals surface area contributed by atoms with Crippen LogP contribution in [0.5, 0.6) is 0 Å². The van der Waals surface area contributed by atoms with Crippen LogP contribution >= 0.6 is 0 Å². The second-order valence-corrected chi connectivity index (χ2v) is 18.4. The molecule has 3 rings (SSSR count). The quantitative estimate of drug-likeness (QED) is 0.0573. The molecule has 13 N–H and O–H groups in total. The molecule has 2 saturated heterocycles. The zero-order chi connectivity index (χ0) is 45.7. The summed E-state index contributed by atoms with van der Waals surface area (Å²) in [6.07, 6.45) is -10.3. The molecule has 17 unspecified atom stereocenters. The van der Waals surface area contributed by atoms with E-state index in [1.165, 1.54) is 13.0 Å². The average molecular weight is 862 g/mol. The van der Waals surface area contributed by atoms with Gasteiger partial charge in [-0.25, -0.2) is 4.99 Å². The highest BCUT2D eigenvalue weighted by atomic mass is 16.6. The normalized spacial score (nSPS) is 35.9. The van der Waals surface area contributed by atoms with E-state index in [1.54, 1.807) is 20.8 Å². The summed E-state index contributed by atoms with van der Waals surface area (Å²) in [5.74, 6) is -0.551. The third-order valence-corrected chi connectivity index (χ3v) is 13.7. The van der Waals surface area contributed by atoms with E-state index in [-0.39, 0.29) is 24.0 Å². The van der Waals surface area contributed by atoms with Gasteiger partial charge in [-0.15, -0.1) is 0 Å². The number of ether oxygens (including phenoxy) is 6. The van der Waals surface area contributed by atoms with Crippen LogP contribution in [-0.4, -0.2) is 165 Å². The monoisotopic (exact) mass is 862 g/mol. The second kappa shape index (κ2) is 21.0. The molecule has 0 radical (unpaired) electrons. The zero-order valence-electron chi connectivity index (χ0n) is 37.9. The van der Waals surface area contributed by atoms with Gasteiger partial charge in [-0.05, 0) is 64.9 Å². The molecular weight excluding hydrogens is 782 g/mol. The Kier molecular flexibility index (Phi) is 18.2. The zero-order valence-corrected chi connectivity index (χ0v) is 37.9. The highest BCUT2D eigenvalue weighted by molar-refractivity contribution is 5.76. The van der Waals surface area contributed by atoms with Crippen molar-refractivity contribution in [3.63, 3.8) is 0 Å². The van der Waals surface area contributed by atoms with Crippen LogP contribution in [0, 0.1) is 10.8 Å². The number of guanidine groups is 1. The topological polar surface area (TPSA) is 296 Å². The number of carbonyl (C=O) groups is 1. The van der Waals surface area contributed by atoms with Gasteiger partial charge in [0.1, 0.15) is 60.6 Å². The summed E-state index contributed by atoms with van der Waals surface area (Å²) in [5.41, 5.74) is 15.4. The van der Waals surface area contributed by atoms with E-state index in [4.69, 9.17) is 45.6 Å². The van der Waals surface area contributed by atoms with Crippen LogP contribution in [0.25, 0.3) is 0 Å². The molecule has 0 spiro atoms. The van der Waals surface area contributed by atoms with E-state index in [0.717, 1.165) is 0 Å². The number of rotatable bonds is 20. The van der Waals surface area contributed by atoms with Crippen molar-refractivity contribution in [1.82, 2.24) is 5.32 Å². The molecule has 18 nitrogen and oxygen atoms in total. The highest BCUT2D eigenvalue weighted by Crippen LogP contribution is 2.45. The van der Waals surface area contributed by atoms with E-state index >= 15 is 0 Å². The first kappa shape index (κ1) is 52.1. The van der Waals surface area contributed by atoms with Crippen molar-refractivity contribution in [1.29, 1.82) is 0 Å². The average Bonchev–Trinajstić information content (AvgIpc) is 3.20. The number of amides is 1. The van der Waals surface area contributed by atoms with Gasteiger partial charge in [0.15, 0.2) is 12.1 Å². The third-order valence-electron chi connectivity index (χ3n) is 13.7. The fourth-order valence-corrected chi connectivity index (χ4v) is 8.53. The molecule has 3 aliphatic heterocycles. The Bertz CT molecular complexity index is 1450. The van der Waals surface area contributed by atoms with Crippen LogP contribution in [0.15, 0.2) is 16.8 Å². The number of carbonyl (C=O) groups excluding carboxylic acids is 1. The molecule has 60 heavy (non-hydrogen) atoms. The predicted molar refractivity (Wildman–Crippen MR) is 224 cm³/mol. The molecule has 0 saturated carbocycles. The van der Waals surface area contributed by atoms with Gasteiger partial charge in [-0.3, -0.25) is 4.79 Å². The van der Waals surface area contributed by atoms with Crippen LogP contribution in [0.4, 0.5) is 0 Å². The molecular formula is C42H79N5O13. The van der Waals surface area contributed by atoms with Crippen molar-refractivity contribution in [2.24, 2.45) is 33.0 Å². The van der Waals surface area contributed by atoms with Crippen molar-refractivity contribution in [3.8, 4) is 0 Å². The second-order valence-electron chi connectivity index (χ2n) is 18.4. The van der Waals surface area contributed by atoms with E-state index in [9.17, 15) is 35.4 Å². The molecule has 3 heterocycles. The van der Waals surface area contributed by atoms with Crippen LogP contribution < -0.4 is 22.5 Å². The minimum Gasteiger partial charge on any atom is -0.488 e. The van der Waals surface area contributed by atoms with Crippen LogP contribution in [0.1, 0.15) is 109 Å². The van der Waals surface area contributed by atoms with Gasteiger partial charge >= 0.3 is 0 Å². The van der Waals surface area contributed by atoms with Gasteiger partial charge in [-0.2, -0.15) is 0 Å². The van der Waals surface area contributed by atoms with Gasteiger partial charge in [0.2, 0.25) is 5.91 Å². The Labute approximate surface area is 356 Å². The van der Waals surface area contributed by atoms with Gasteiger partial charge in [0, 0.05) is 12.3 Å². The lowest BCUT2D eigenvalue weighted by Crippen LogP contribution is -2.69. The van der Waals surface area contributed by atoms with Crippen LogP contribution in [-0.2, 0) is 33.2 Å². The largest absolute Gasteiger partial charge is 0.488 e.